The molecule has 2 heteroatoms. The summed E-state index contributed by atoms with van der Waals surface area (Å²) < 4.78 is 0. The van der Waals surface area contributed by atoms with Crippen molar-refractivity contribution in [2.24, 2.45) is 0 Å². The van der Waals surface area contributed by atoms with Crippen molar-refractivity contribution < 1.29 is 4.79 Å². The van der Waals surface area contributed by atoms with Gasteiger partial charge in [-0.3, -0.25) is 4.79 Å². The molecule has 0 aliphatic carbocycles. The van der Waals surface area contributed by atoms with Crippen molar-refractivity contribution >= 4 is 12.1 Å². The van der Waals surface area contributed by atoms with Crippen LogP contribution >= 0.6 is 0 Å². The molecule has 0 bridgehead atoms. The minimum absolute atomic E-state index is 0.821. The maximum atomic E-state index is 10.8. The molecular weight excluding hydrogens is 174 g/mol. The van der Waals surface area contributed by atoms with Crippen LogP contribution in [0.5, 0.6) is 0 Å². The van der Waals surface area contributed by atoms with E-state index < -0.39 is 0 Å². The van der Waals surface area contributed by atoms with Gasteiger partial charge >= 0.3 is 0 Å². The predicted molar refractivity (Wildman–Crippen MR) is 59.4 cm³/mol. The first-order valence-corrected chi connectivity index (χ1v) is 5.15. The lowest BCUT2D eigenvalue weighted by molar-refractivity contribution is -0.107. The van der Waals surface area contributed by atoms with Crippen LogP contribution in [0, 0.1) is 0 Å². The molecule has 0 aliphatic heterocycles. The molecule has 0 fully saturated rings. The number of benzene rings is 1. The Morgan fingerprint density at radius 2 is 1.93 bits per heavy atom. The lowest BCUT2D eigenvalue weighted by Gasteiger charge is -2.16. The van der Waals surface area contributed by atoms with Crippen LogP contribution in [0.4, 0.5) is 5.69 Å². The molecule has 0 radical (unpaired) electrons. The van der Waals surface area contributed by atoms with Crippen LogP contribution in [0.1, 0.15) is 26.2 Å². The van der Waals surface area contributed by atoms with Crippen LogP contribution in [0.3, 0.4) is 0 Å². The van der Waals surface area contributed by atoms with Gasteiger partial charge in [-0.05, 0) is 18.6 Å². The Morgan fingerprint density at radius 1 is 1.21 bits per heavy atom. The first-order valence-electron chi connectivity index (χ1n) is 5.15. The second-order valence-corrected chi connectivity index (χ2v) is 3.34. The Bertz CT molecular complexity index is 258. The van der Waals surface area contributed by atoms with Crippen molar-refractivity contribution in [3.05, 3.63) is 30.3 Å². The molecule has 0 unspecified atom stereocenters. The maximum Gasteiger partial charge on any atom is 0.214 e. The van der Waals surface area contributed by atoms with Gasteiger partial charge < -0.3 is 4.90 Å². The van der Waals surface area contributed by atoms with Crippen molar-refractivity contribution in [2.45, 2.75) is 26.2 Å². The SMILES string of the molecule is CCCCCN(C=O)c1ccccc1. The summed E-state index contributed by atoms with van der Waals surface area (Å²) in [4.78, 5) is 12.6. The van der Waals surface area contributed by atoms with Gasteiger partial charge in [0, 0.05) is 12.2 Å². The molecule has 1 aromatic rings. The van der Waals surface area contributed by atoms with Gasteiger partial charge in [-0.25, -0.2) is 0 Å². The van der Waals surface area contributed by atoms with E-state index in [1.807, 2.05) is 30.3 Å². The van der Waals surface area contributed by atoms with E-state index in [0.717, 1.165) is 25.1 Å². The number of para-hydroxylation sites is 1. The van der Waals surface area contributed by atoms with E-state index in [-0.39, 0.29) is 0 Å². The number of carbonyl (C=O) groups is 1. The highest BCUT2D eigenvalue weighted by Crippen LogP contribution is 2.12. The summed E-state index contributed by atoms with van der Waals surface area (Å²) in [6, 6.07) is 9.77. The van der Waals surface area contributed by atoms with Gasteiger partial charge in [0.25, 0.3) is 0 Å². The fourth-order valence-electron chi connectivity index (χ4n) is 1.39. The monoisotopic (exact) mass is 191 g/mol. The molecule has 0 aromatic heterocycles. The van der Waals surface area contributed by atoms with Crippen LogP contribution < -0.4 is 4.90 Å². The van der Waals surface area contributed by atoms with E-state index in [4.69, 9.17) is 0 Å². The Kier molecular flexibility index (Phi) is 4.76. The second kappa shape index (κ2) is 6.19. The summed E-state index contributed by atoms with van der Waals surface area (Å²) in [6.45, 7) is 2.98. The summed E-state index contributed by atoms with van der Waals surface area (Å²) in [5, 5.41) is 0. The van der Waals surface area contributed by atoms with Crippen LogP contribution in [-0.2, 0) is 4.79 Å². The quantitative estimate of drug-likeness (QED) is 0.500. The van der Waals surface area contributed by atoms with Crippen LogP contribution in [0.2, 0.25) is 0 Å². The number of unbranched alkanes of at least 4 members (excludes halogenated alkanes) is 2. The van der Waals surface area contributed by atoms with E-state index in [0.29, 0.717) is 0 Å². The summed E-state index contributed by atoms with van der Waals surface area (Å²) >= 11 is 0. The molecule has 0 aliphatic rings. The van der Waals surface area contributed by atoms with Crippen LogP contribution in [-0.4, -0.2) is 13.0 Å². The zero-order valence-corrected chi connectivity index (χ0v) is 8.65. The zero-order valence-electron chi connectivity index (χ0n) is 8.65. The molecule has 1 rings (SSSR count). The first-order chi connectivity index (χ1) is 6.88. The Morgan fingerprint density at radius 3 is 2.50 bits per heavy atom. The summed E-state index contributed by atoms with van der Waals surface area (Å²) in [5.74, 6) is 0. The molecule has 0 heterocycles. The molecular formula is C12H17NO. The van der Waals surface area contributed by atoms with Crippen molar-refractivity contribution in [2.75, 3.05) is 11.4 Å². The van der Waals surface area contributed by atoms with Gasteiger partial charge in [0.1, 0.15) is 0 Å². The van der Waals surface area contributed by atoms with Gasteiger partial charge in [-0.15, -0.1) is 0 Å². The molecule has 1 amide bonds. The van der Waals surface area contributed by atoms with Crippen molar-refractivity contribution in [1.29, 1.82) is 0 Å². The molecule has 0 saturated carbocycles. The molecule has 0 N–H and O–H groups in total. The number of amides is 1. The highest BCUT2D eigenvalue weighted by molar-refractivity contribution is 5.74. The normalized spacial score (nSPS) is 9.79. The van der Waals surface area contributed by atoms with E-state index >= 15 is 0 Å². The Labute approximate surface area is 85.5 Å². The fourth-order valence-corrected chi connectivity index (χ4v) is 1.39. The Hall–Kier alpha value is -1.31. The topological polar surface area (TPSA) is 20.3 Å². The second-order valence-electron chi connectivity index (χ2n) is 3.34. The minimum Gasteiger partial charge on any atom is -0.315 e. The average molecular weight is 191 g/mol. The lowest BCUT2D eigenvalue weighted by Crippen LogP contribution is -2.21. The van der Waals surface area contributed by atoms with E-state index in [1.54, 1.807) is 4.90 Å². The number of carbonyl (C=O) groups excluding carboxylic acids is 1. The predicted octanol–water partition coefficient (Wildman–Crippen LogP) is 2.84. The molecule has 76 valence electrons. The smallest absolute Gasteiger partial charge is 0.214 e. The van der Waals surface area contributed by atoms with Crippen molar-refractivity contribution in [3.63, 3.8) is 0 Å². The summed E-state index contributed by atoms with van der Waals surface area (Å²) in [7, 11) is 0. The minimum atomic E-state index is 0.821. The van der Waals surface area contributed by atoms with Crippen molar-refractivity contribution in [3.8, 4) is 0 Å². The van der Waals surface area contributed by atoms with Gasteiger partial charge in [-0.1, -0.05) is 38.0 Å². The maximum absolute atomic E-state index is 10.8. The molecule has 2 nitrogen and oxygen atoms in total. The standard InChI is InChI=1S/C12H17NO/c1-2-3-7-10-13(11-14)12-8-5-4-6-9-12/h4-6,8-9,11H,2-3,7,10H2,1H3. The van der Waals surface area contributed by atoms with E-state index in [2.05, 4.69) is 6.92 Å². The van der Waals surface area contributed by atoms with Crippen LogP contribution in [0.25, 0.3) is 0 Å². The average Bonchev–Trinajstić information content (AvgIpc) is 2.26. The van der Waals surface area contributed by atoms with Gasteiger partial charge in [0.15, 0.2) is 0 Å². The van der Waals surface area contributed by atoms with Gasteiger partial charge in [0.05, 0.1) is 0 Å². The summed E-state index contributed by atoms with van der Waals surface area (Å²) in [6.07, 6.45) is 4.34. The number of hydrogen-bond donors (Lipinski definition) is 0. The van der Waals surface area contributed by atoms with Gasteiger partial charge in [-0.2, -0.15) is 0 Å². The Balaban J connectivity index is 2.50. The third-order valence-electron chi connectivity index (χ3n) is 2.22. The number of rotatable bonds is 6. The van der Waals surface area contributed by atoms with E-state index in [9.17, 15) is 4.79 Å². The zero-order chi connectivity index (χ0) is 10.2. The van der Waals surface area contributed by atoms with E-state index in [1.165, 1.54) is 12.8 Å². The van der Waals surface area contributed by atoms with Crippen molar-refractivity contribution in [1.82, 2.24) is 0 Å². The number of hydrogen-bond acceptors (Lipinski definition) is 1. The molecule has 14 heavy (non-hydrogen) atoms. The third-order valence-corrected chi connectivity index (χ3v) is 2.22. The van der Waals surface area contributed by atoms with Gasteiger partial charge in [0.2, 0.25) is 6.41 Å². The highest BCUT2D eigenvalue weighted by atomic mass is 16.1. The van der Waals surface area contributed by atoms with Crippen LogP contribution in [0.15, 0.2) is 30.3 Å². The largest absolute Gasteiger partial charge is 0.315 e. The molecule has 1 aromatic carbocycles. The summed E-state index contributed by atoms with van der Waals surface area (Å²) in [5.41, 5.74) is 0.985. The fraction of sp³-hybridized carbons (Fsp3) is 0.417. The molecule has 0 atom stereocenters. The molecule has 0 spiro atoms. The lowest BCUT2D eigenvalue weighted by atomic mass is 10.2. The third kappa shape index (κ3) is 3.21. The number of anilines is 1. The highest BCUT2D eigenvalue weighted by Gasteiger charge is 2.02. The first kappa shape index (κ1) is 10.8. The molecule has 0 saturated heterocycles. The number of nitrogens with zero attached hydrogens (tertiary/aromatic N) is 1.